The average molecular weight is 186 g/mol. The third-order valence-electron chi connectivity index (χ3n) is 1.46. The van der Waals surface area contributed by atoms with Crippen LogP contribution in [0.4, 0.5) is 0 Å². The highest BCUT2D eigenvalue weighted by Gasteiger charge is 1.98. The minimum absolute atomic E-state index is 0.146. The van der Waals surface area contributed by atoms with Crippen molar-refractivity contribution in [1.82, 2.24) is 10.3 Å². The summed E-state index contributed by atoms with van der Waals surface area (Å²) in [7, 11) is 0. The molecule has 1 unspecified atom stereocenters. The molecule has 3 nitrogen and oxygen atoms in total. The Morgan fingerprint density at radius 1 is 1.67 bits per heavy atom. The maximum absolute atomic E-state index is 5.56. The summed E-state index contributed by atoms with van der Waals surface area (Å²) in [6.45, 7) is 0.710. The van der Waals surface area contributed by atoms with Crippen molar-refractivity contribution >= 4 is 11.6 Å². The summed E-state index contributed by atoms with van der Waals surface area (Å²) in [5, 5.41) is 3.05. The molecule has 0 amide bonds. The van der Waals surface area contributed by atoms with Gasteiger partial charge in [-0.1, -0.05) is 6.07 Å². The average Bonchev–Trinajstić information content (AvgIpc) is 2.16. The molecule has 0 spiro atoms. The summed E-state index contributed by atoms with van der Waals surface area (Å²) in [6.07, 6.45) is 3.39. The van der Waals surface area contributed by atoms with Gasteiger partial charge >= 0.3 is 0 Å². The van der Waals surface area contributed by atoms with Crippen LogP contribution in [0, 0.1) is 0 Å². The molecule has 1 aromatic heterocycles. The molecule has 0 saturated heterocycles. The van der Waals surface area contributed by atoms with Crippen LogP contribution in [-0.2, 0) is 6.54 Å². The molecule has 0 aromatic carbocycles. The second-order valence-electron chi connectivity index (χ2n) is 2.50. The summed E-state index contributed by atoms with van der Waals surface area (Å²) in [5.74, 6) is 0.417. The number of hydrogen-bond donors (Lipinski definition) is 2. The highest BCUT2D eigenvalue weighted by atomic mass is 35.5. The summed E-state index contributed by atoms with van der Waals surface area (Å²) in [6, 6.07) is 3.88. The zero-order chi connectivity index (χ0) is 8.81. The first kappa shape index (κ1) is 9.45. The SMILES string of the molecule is NC(CCl)NCc1cccnc1. The van der Waals surface area contributed by atoms with Gasteiger partial charge in [0.25, 0.3) is 0 Å². The molecule has 0 fully saturated rings. The number of rotatable bonds is 4. The van der Waals surface area contributed by atoms with Gasteiger partial charge in [-0.15, -0.1) is 11.6 Å². The van der Waals surface area contributed by atoms with Crippen LogP contribution in [0.2, 0.25) is 0 Å². The minimum Gasteiger partial charge on any atom is -0.315 e. The molecule has 1 heterocycles. The zero-order valence-corrected chi connectivity index (χ0v) is 7.46. The molecule has 0 aliphatic carbocycles. The van der Waals surface area contributed by atoms with Crippen LogP contribution in [0.1, 0.15) is 5.56 Å². The number of alkyl halides is 1. The van der Waals surface area contributed by atoms with Gasteiger partial charge in [-0.25, -0.2) is 0 Å². The van der Waals surface area contributed by atoms with Gasteiger partial charge in [0.1, 0.15) is 0 Å². The predicted molar refractivity (Wildman–Crippen MR) is 49.8 cm³/mol. The van der Waals surface area contributed by atoms with Crippen LogP contribution in [0.15, 0.2) is 24.5 Å². The lowest BCUT2D eigenvalue weighted by Crippen LogP contribution is -2.38. The van der Waals surface area contributed by atoms with Gasteiger partial charge in [-0.05, 0) is 11.6 Å². The van der Waals surface area contributed by atoms with Gasteiger partial charge in [-0.2, -0.15) is 0 Å². The maximum Gasteiger partial charge on any atom is 0.0688 e. The standard InChI is InChI=1S/C8H12ClN3/c9-4-8(10)12-6-7-2-1-3-11-5-7/h1-3,5,8,12H,4,6,10H2. The number of nitrogens with one attached hydrogen (secondary N) is 1. The molecule has 1 aromatic rings. The van der Waals surface area contributed by atoms with Crippen molar-refractivity contribution in [2.24, 2.45) is 5.73 Å². The van der Waals surface area contributed by atoms with Crippen LogP contribution >= 0.6 is 11.6 Å². The van der Waals surface area contributed by atoms with E-state index in [1.807, 2.05) is 12.1 Å². The van der Waals surface area contributed by atoms with Crippen LogP contribution in [0.3, 0.4) is 0 Å². The minimum atomic E-state index is -0.146. The second-order valence-corrected chi connectivity index (χ2v) is 2.81. The van der Waals surface area contributed by atoms with E-state index in [9.17, 15) is 0 Å². The Labute approximate surface area is 76.9 Å². The van der Waals surface area contributed by atoms with Crippen molar-refractivity contribution in [3.8, 4) is 0 Å². The van der Waals surface area contributed by atoms with Crippen LogP contribution < -0.4 is 11.1 Å². The van der Waals surface area contributed by atoms with Crippen molar-refractivity contribution in [3.05, 3.63) is 30.1 Å². The first-order chi connectivity index (χ1) is 5.83. The molecular weight excluding hydrogens is 174 g/mol. The lowest BCUT2D eigenvalue weighted by Gasteiger charge is -2.09. The first-order valence-corrected chi connectivity index (χ1v) is 4.30. The topological polar surface area (TPSA) is 50.9 Å². The smallest absolute Gasteiger partial charge is 0.0688 e. The van der Waals surface area contributed by atoms with Crippen LogP contribution in [0.5, 0.6) is 0 Å². The van der Waals surface area contributed by atoms with E-state index < -0.39 is 0 Å². The maximum atomic E-state index is 5.56. The van der Waals surface area contributed by atoms with Crippen molar-refractivity contribution < 1.29 is 0 Å². The Morgan fingerprint density at radius 2 is 2.50 bits per heavy atom. The largest absolute Gasteiger partial charge is 0.315 e. The molecule has 1 atom stereocenters. The molecule has 66 valence electrons. The quantitative estimate of drug-likeness (QED) is 0.536. The third-order valence-corrected chi connectivity index (χ3v) is 1.79. The van der Waals surface area contributed by atoms with Crippen molar-refractivity contribution in [2.75, 3.05) is 5.88 Å². The van der Waals surface area contributed by atoms with E-state index in [2.05, 4.69) is 10.3 Å². The number of aromatic nitrogens is 1. The molecule has 12 heavy (non-hydrogen) atoms. The highest BCUT2D eigenvalue weighted by molar-refractivity contribution is 6.18. The second kappa shape index (κ2) is 5.09. The van der Waals surface area contributed by atoms with Gasteiger partial charge in [0.05, 0.1) is 12.0 Å². The van der Waals surface area contributed by atoms with E-state index in [0.29, 0.717) is 12.4 Å². The summed E-state index contributed by atoms with van der Waals surface area (Å²) in [5.41, 5.74) is 6.67. The van der Waals surface area contributed by atoms with Crippen molar-refractivity contribution in [3.63, 3.8) is 0 Å². The van der Waals surface area contributed by atoms with E-state index in [1.54, 1.807) is 12.4 Å². The summed E-state index contributed by atoms with van der Waals surface area (Å²) < 4.78 is 0. The molecule has 0 saturated carbocycles. The number of pyridine rings is 1. The van der Waals surface area contributed by atoms with Crippen LogP contribution in [0.25, 0.3) is 0 Å². The van der Waals surface area contributed by atoms with E-state index in [0.717, 1.165) is 5.56 Å². The fourth-order valence-electron chi connectivity index (χ4n) is 0.806. The van der Waals surface area contributed by atoms with Crippen LogP contribution in [-0.4, -0.2) is 17.0 Å². The first-order valence-electron chi connectivity index (χ1n) is 3.77. The van der Waals surface area contributed by atoms with E-state index in [1.165, 1.54) is 0 Å². The van der Waals surface area contributed by atoms with E-state index in [4.69, 9.17) is 17.3 Å². The Hall–Kier alpha value is -0.640. The molecule has 3 N–H and O–H groups in total. The third kappa shape index (κ3) is 3.17. The summed E-state index contributed by atoms with van der Waals surface area (Å²) in [4.78, 5) is 3.97. The Morgan fingerprint density at radius 3 is 3.08 bits per heavy atom. The molecule has 0 aliphatic heterocycles. The van der Waals surface area contributed by atoms with Crippen molar-refractivity contribution in [2.45, 2.75) is 12.7 Å². The number of nitrogens with zero attached hydrogens (tertiary/aromatic N) is 1. The predicted octanol–water partition coefficient (Wildman–Crippen LogP) is 0.695. The van der Waals surface area contributed by atoms with Gasteiger partial charge in [0, 0.05) is 18.9 Å². The van der Waals surface area contributed by atoms with E-state index >= 15 is 0 Å². The number of nitrogens with two attached hydrogens (primary N) is 1. The van der Waals surface area contributed by atoms with Gasteiger partial charge < -0.3 is 5.73 Å². The van der Waals surface area contributed by atoms with Gasteiger partial charge in [0.15, 0.2) is 0 Å². The van der Waals surface area contributed by atoms with Gasteiger partial charge in [0.2, 0.25) is 0 Å². The Balaban J connectivity index is 2.33. The Bertz CT molecular complexity index is 215. The molecule has 1 rings (SSSR count). The van der Waals surface area contributed by atoms with E-state index in [-0.39, 0.29) is 6.17 Å². The zero-order valence-electron chi connectivity index (χ0n) is 6.70. The molecule has 0 aliphatic rings. The molecular formula is C8H12ClN3. The normalized spacial score (nSPS) is 12.8. The fraction of sp³-hybridized carbons (Fsp3) is 0.375. The highest BCUT2D eigenvalue weighted by Crippen LogP contribution is 1.94. The lowest BCUT2D eigenvalue weighted by molar-refractivity contribution is 0.571. The molecule has 0 radical (unpaired) electrons. The number of halogens is 1. The molecule has 4 heteroatoms. The fourth-order valence-corrected chi connectivity index (χ4v) is 0.915. The monoisotopic (exact) mass is 185 g/mol. The van der Waals surface area contributed by atoms with Gasteiger partial charge in [-0.3, -0.25) is 10.3 Å². The lowest BCUT2D eigenvalue weighted by atomic mass is 10.3. The summed E-state index contributed by atoms with van der Waals surface area (Å²) >= 11 is 5.52. The van der Waals surface area contributed by atoms with Crippen molar-refractivity contribution in [1.29, 1.82) is 0 Å². The number of hydrogen-bond acceptors (Lipinski definition) is 3. The molecule has 0 bridgehead atoms. The Kier molecular flexibility index (Phi) is 4.00.